The van der Waals surface area contributed by atoms with Crippen molar-refractivity contribution in [2.24, 2.45) is 11.8 Å². The molecule has 516 valence electrons. The van der Waals surface area contributed by atoms with Crippen LogP contribution in [-0.4, -0.2) is 96.7 Å². The van der Waals surface area contributed by atoms with Crippen molar-refractivity contribution in [2.45, 2.75) is 362 Å². The van der Waals surface area contributed by atoms with Crippen LogP contribution in [-0.2, 0) is 65.4 Å². The van der Waals surface area contributed by atoms with E-state index < -0.39 is 97.5 Å². The molecule has 0 saturated carbocycles. The van der Waals surface area contributed by atoms with Gasteiger partial charge in [-0.25, -0.2) is 9.13 Å². The van der Waals surface area contributed by atoms with Crippen LogP contribution in [0.5, 0.6) is 0 Å². The molecule has 87 heavy (non-hydrogen) atoms. The van der Waals surface area contributed by atoms with Crippen LogP contribution in [0.2, 0.25) is 0 Å². The Balaban J connectivity index is 5.19. The van der Waals surface area contributed by atoms with Crippen molar-refractivity contribution < 1.29 is 80.2 Å². The van der Waals surface area contributed by atoms with E-state index in [9.17, 15) is 43.2 Å². The van der Waals surface area contributed by atoms with Gasteiger partial charge in [0.1, 0.15) is 19.3 Å². The molecule has 0 spiro atoms. The summed E-state index contributed by atoms with van der Waals surface area (Å²) in [6, 6.07) is 0. The van der Waals surface area contributed by atoms with E-state index in [1.807, 2.05) is 0 Å². The number of phosphoric ester groups is 2. The third-order valence-electron chi connectivity index (χ3n) is 16.1. The number of carbonyl (C=O) groups is 4. The summed E-state index contributed by atoms with van der Waals surface area (Å²) in [6.07, 6.45) is 44.6. The molecule has 0 heterocycles. The Morgan fingerprint density at radius 3 is 0.874 bits per heavy atom. The van der Waals surface area contributed by atoms with Crippen molar-refractivity contribution in [3.05, 3.63) is 0 Å². The largest absolute Gasteiger partial charge is 0.472 e. The minimum absolute atomic E-state index is 0.102. The van der Waals surface area contributed by atoms with Gasteiger partial charge in [0.25, 0.3) is 0 Å². The molecule has 19 heteroatoms. The Kier molecular flexibility index (Phi) is 59.0. The van der Waals surface area contributed by atoms with Crippen LogP contribution in [0.25, 0.3) is 0 Å². The summed E-state index contributed by atoms with van der Waals surface area (Å²) < 4.78 is 68.1. The fraction of sp³-hybridized carbons (Fsp3) is 0.941. The highest BCUT2D eigenvalue weighted by Gasteiger charge is 2.30. The molecule has 0 aromatic carbocycles. The van der Waals surface area contributed by atoms with Crippen molar-refractivity contribution in [3.8, 4) is 0 Å². The molecule has 0 aliphatic heterocycles. The van der Waals surface area contributed by atoms with Crippen molar-refractivity contribution >= 4 is 39.5 Å². The summed E-state index contributed by atoms with van der Waals surface area (Å²) in [5, 5.41) is 10.6. The van der Waals surface area contributed by atoms with Gasteiger partial charge in [-0.2, -0.15) is 0 Å². The summed E-state index contributed by atoms with van der Waals surface area (Å²) in [5.74, 6) is -0.618. The molecule has 0 saturated heterocycles. The second kappa shape index (κ2) is 60.3. The maximum Gasteiger partial charge on any atom is 0.472 e. The van der Waals surface area contributed by atoms with E-state index in [4.69, 9.17) is 37.0 Å². The van der Waals surface area contributed by atoms with E-state index in [0.717, 1.165) is 102 Å². The van der Waals surface area contributed by atoms with Crippen LogP contribution in [0.15, 0.2) is 0 Å². The predicted octanol–water partition coefficient (Wildman–Crippen LogP) is 19.2. The first kappa shape index (κ1) is 85.1. The maximum absolute atomic E-state index is 13.0. The second-order valence-electron chi connectivity index (χ2n) is 25.3. The molecule has 3 N–H and O–H groups in total. The van der Waals surface area contributed by atoms with Crippen LogP contribution in [0.3, 0.4) is 0 Å². The van der Waals surface area contributed by atoms with E-state index in [1.165, 1.54) is 154 Å². The highest BCUT2D eigenvalue weighted by Crippen LogP contribution is 2.45. The number of esters is 4. The molecule has 0 aromatic heterocycles. The number of ether oxygens (including phenoxy) is 4. The SMILES string of the molecule is CCCCCCCCCCCCCCC(=O)OC[C@H](COP(=O)(O)OC[C@@H](O)COP(=O)(O)OC[C@@H](COC(=O)CCCCCCCCCC)OC(=O)CCCCCCCCC(C)C)OC(=O)CCCCCCCCCCCCCCCCC(C)CC. The molecule has 0 bridgehead atoms. The Morgan fingerprint density at radius 1 is 0.333 bits per heavy atom. The maximum atomic E-state index is 13.0. The van der Waals surface area contributed by atoms with Gasteiger partial charge in [-0.1, -0.05) is 292 Å². The van der Waals surface area contributed by atoms with E-state index in [-0.39, 0.29) is 25.7 Å². The van der Waals surface area contributed by atoms with Crippen LogP contribution >= 0.6 is 15.6 Å². The Morgan fingerprint density at radius 2 is 0.586 bits per heavy atom. The van der Waals surface area contributed by atoms with Gasteiger partial charge in [0.15, 0.2) is 12.2 Å². The Labute approximate surface area is 530 Å². The fourth-order valence-electron chi connectivity index (χ4n) is 10.2. The number of carbonyl (C=O) groups excluding carboxylic acids is 4. The van der Waals surface area contributed by atoms with Gasteiger partial charge in [-0.05, 0) is 37.5 Å². The molecule has 0 aliphatic rings. The summed E-state index contributed by atoms with van der Waals surface area (Å²) in [4.78, 5) is 72.3. The third-order valence-corrected chi connectivity index (χ3v) is 18.0. The van der Waals surface area contributed by atoms with Gasteiger partial charge >= 0.3 is 39.5 Å². The molecule has 6 atom stereocenters. The van der Waals surface area contributed by atoms with Gasteiger partial charge in [0.05, 0.1) is 26.4 Å². The monoisotopic (exact) mass is 1280 g/mol. The van der Waals surface area contributed by atoms with E-state index >= 15 is 0 Å². The minimum atomic E-state index is -4.95. The molecule has 17 nitrogen and oxygen atoms in total. The van der Waals surface area contributed by atoms with Crippen molar-refractivity contribution in [2.75, 3.05) is 39.6 Å². The molecular formula is C68H132O17P2. The topological polar surface area (TPSA) is 237 Å². The molecule has 0 aliphatic carbocycles. The summed E-state index contributed by atoms with van der Waals surface area (Å²) >= 11 is 0. The molecule has 0 radical (unpaired) electrons. The summed E-state index contributed by atoms with van der Waals surface area (Å²) in [7, 11) is -9.89. The number of aliphatic hydroxyl groups is 1. The first-order chi connectivity index (χ1) is 41.9. The first-order valence-electron chi connectivity index (χ1n) is 35.5. The zero-order chi connectivity index (χ0) is 64.3. The number of hydrogen-bond acceptors (Lipinski definition) is 15. The predicted molar refractivity (Wildman–Crippen MR) is 349 cm³/mol. The van der Waals surface area contributed by atoms with E-state index in [0.29, 0.717) is 31.6 Å². The van der Waals surface area contributed by atoms with Crippen LogP contribution in [0.4, 0.5) is 0 Å². The zero-order valence-electron chi connectivity index (χ0n) is 56.3. The summed E-state index contributed by atoms with van der Waals surface area (Å²) in [5.41, 5.74) is 0. The molecule has 0 amide bonds. The summed E-state index contributed by atoms with van der Waals surface area (Å²) in [6.45, 7) is 9.46. The molecule has 0 rings (SSSR count). The Hall–Kier alpha value is -1.94. The average Bonchev–Trinajstić information content (AvgIpc) is 3.71. The van der Waals surface area contributed by atoms with Gasteiger partial charge in [0, 0.05) is 25.7 Å². The van der Waals surface area contributed by atoms with Crippen LogP contribution < -0.4 is 0 Å². The van der Waals surface area contributed by atoms with Gasteiger partial charge in [-0.15, -0.1) is 0 Å². The van der Waals surface area contributed by atoms with E-state index in [1.54, 1.807) is 0 Å². The number of phosphoric acid groups is 2. The zero-order valence-corrected chi connectivity index (χ0v) is 58.1. The minimum Gasteiger partial charge on any atom is -0.462 e. The normalized spacial score (nSPS) is 14.5. The smallest absolute Gasteiger partial charge is 0.462 e. The quantitative estimate of drug-likeness (QED) is 0.0222. The van der Waals surface area contributed by atoms with Gasteiger partial charge in [0.2, 0.25) is 0 Å². The average molecular weight is 1280 g/mol. The Bertz CT molecular complexity index is 1700. The third kappa shape index (κ3) is 61.3. The van der Waals surface area contributed by atoms with Gasteiger partial charge < -0.3 is 33.8 Å². The van der Waals surface area contributed by atoms with Crippen LogP contribution in [0.1, 0.15) is 343 Å². The van der Waals surface area contributed by atoms with Crippen molar-refractivity contribution in [1.29, 1.82) is 0 Å². The molecule has 0 aromatic rings. The lowest BCUT2D eigenvalue weighted by molar-refractivity contribution is -0.161. The number of aliphatic hydroxyl groups excluding tert-OH is 1. The van der Waals surface area contributed by atoms with Crippen molar-refractivity contribution in [3.63, 3.8) is 0 Å². The van der Waals surface area contributed by atoms with Crippen molar-refractivity contribution in [1.82, 2.24) is 0 Å². The van der Waals surface area contributed by atoms with E-state index in [2.05, 4.69) is 41.5 Å². The highest BCUT2D eigenvalue weighted by atomic mass is 31.2. The van der Waals surface area contributed by atoms with Gasteiger partial charge in [-0.3, -0.25) is 37.3 Å². The first-order valence-corrected chi connectivity index (χ1v) is 38.5. The standard InChI is InChI=1S/C68H132O17P2/c1-7-10-12-14-16-18-19-25-28-32-39-45-51-66(71)79-56-63(84-67(72)52-46-40-33-29-26-23-21-20-22-24-27-30-37-43-49-61(6)9-3)58-82-86(74,75)80-54-62(69)55-81-87(76,77)83-59-64(57-78-65(70)50-44-38-31-17-15-13-11-8-2)85-68(73)53-47-41-35-34-36-42-48-60(4)5/h60-64,69H,7-59H2,1-6H3,(H,74,75)(H,76,77)/t61?,62-,63-,64-/m1/s1. The number of rotatable bonds is 67. The number of hydrogen-bond donors (Lipinski definition) is 3. The lowest BCUT2D eigenvalue weighted by atomic mass is 9.99. The lowest BCUT2D eigenvalue weighted by Crippen LogP contribution is -2.30. The number of unbranched alkanes of at least 4 members (excludes halogenated alkanes) is 36. The highest BCUT2D eigenvalue weighted by molar-refractivity contribution is 7.47. The molecular weight excluding hydrogens is 1150 g/mol. The van der Waals surface area contributed by atoms with Crippen LogP contribution in [0, 0.1) is 11.8 Å². The second-order valence-corrected chi connectivity index (χ2v) is 28.2. The molecule has 0 fully saturated rings. The fourth-order valence-corrected chi connectivity index (χ4v) is 11.8. The molecule has 3 unspecified atom stereocenters. The lowest BCUT2D eigenvalue weighted by Gasteiger charge is -2.21.